The molecule has 2 aliphatic carbocycles. The Labute approximate surface area is 287 Å². The predicted molar refractivity (Wildman–Crippen MR) is 172 cm³/mol. The van der Waals surface area contributed by atoms with E-state index in [9.17, 15) is 39.0 Å². The summed E-state index contributed by atoms with van der Waals surface area (Å²) in [5.74, 6) is -5.59. The van der Waals surface area contributed by atoms with Gasteiger partial charge in [-0.1, -0.05) is 39.0 Å². The number of carbonyl (C=O) groups excluding carboxylic acids is 5. The minimum absolute atomic E-state index is 0.0288. The van der Waals surface area contributed by atoms with Crippen LogP contribution in [0.1, 0.15) is 87.0 Å². The number of aliphatic hydroxyl groups excluding tert-OH is 2. The summed E-state index contributed by atoms with van der Waals surface area (Å²) in [6, 6.07) is 0. The van der Waals surface area contributed by atoms with Crippen LogP contribution in [0.4, 0.5) is 0 Å². The lowest BCUT2D eigenvalue weighted by Gasteiger charge is -2.44. The van der Waals surface area contributed by atoms with Gasteiger partial charge in [-0.2, -0.15) is 0 Å². The number of allylic oxidation sites excluding steroid dienone is 3. The van der Waals surface area contributed by atoms with Gasteiger partial charge in [-0.25, -0.2) is 19.2 Å². The molecule has 0 amide bonds. The summed E-state index contributed by atoms with van der Waals surface area (Å²) in [7, 11) is 0. The first kappa shape index (κ1) is 41.4. The van der Waals surface area contributed by atoms with Crippen LogP contribution in [0.3, 0.4) is 0 Å². The first-order valence-electron chi connectivity index (χ1n) is 16.8. The molecule has 9 unspecified atom stereocenters. The van der Waals surface area contributed by atoms with Crippen LogP contribution in [0.25, 0.3) is 0 Å². The summed E-state index contributed by atoms with van der Waals surface area (Å²) in [4.78, 5) is 72.5. The average Bonchev–Trinajstić information content (AvgIpc) is 3.01. The molecule has 0 fully saturated rings. The van der Waals surface area contributed by atoms with E-state index in [0.717, 1.165) is 12.5 Å². The van der Waals surface area contributed by atoms with Crippen molar-refractivity contribution in [2.75, 3.05) is 13.2 Å². The van der Waals surface area contributed by atoms with Crippen molar-refractivity contribution < 1.29 is 67.8 Å². The highest BCUT2D eigenvalue weighted by atomic mass is 16.6. The third-order valence-corrected chi connectivity index (χ3v) is 9.00. The molecule has 0 saturated carbocycles. The van der Waals surface area contributed by atoms with Crippen LogP contribution < -0.4 is 0 Å². The number of carbonyl (C=O) groups is 6. The molecule has 0 heterocycles. The van der Waals surface area contributed by atoms with E-state index in [0.29, 0.717) is 19.3 Å². The van der Waals surface area contributed by atoms with E-state index in [4.69, 9.17) is 24.1 Å². The zero-order chi connectivity index (χ0) is 37.1. The topological polar surface area (TPSA) is 209 Å². The zero-order valence-electron chi connectivity index (χ0n) is 29.4. The summed E-state index contributed by atoms with van der Waals surface area (Å²) < 4.78 is 25.9. The van der Waals surface area contributed by atoms with E-state index in [2.05, 4.69) is 36.8 Å². The lowest BCUT2D eigenvalue weighted by Crippen LogP contribution is -2.43. The molecule has 0 saturated heterocycles. The fourth-order valence-corrected chi connectivity index (χ4v) is 5.82. The Balaban J connectivity index is 2.08. The lowest BCUT2D eigenvalue weighted by atomic mass is 9.65. The number of carboxylic acid groups (broad SMARTS) is 1. The van der Waals surface area contributed by atoms with E-state index in [-0.39, 0.29) is 48.6 Å². The van der Waals surface area contributed by atoms with Gasteiger partial charge >= 0.3 is 35.8 Å². The molecule has 9 atom stereocenters. The highest BCUT2D eigenvalue weighted by Gasteiger charge is 2.43. The molecule has 276 valence electrons. The maximum atomic E-state index is 13.1. The number of aliphatic carboxylic acids is 1. The first-order chi connectivity index (χ1) is 22.8. The lowest BCUT2D eigenvalue weighted by molar-refractivity contribution is -0.176. The molecule has 0 bridgehead atoms. The van der Waals surface area contributed by atoms with Crippen LogP contribution in [-0.2, 0) is 52.5 Å². The summed E-state index contributed by atoms with van der Waals surface area (Å²) in [6.45, 7) is 10.3. The van der Waals surface area contributed by atoms with Crippen molar-refractivity contribution in [1.82, 2.24) is 0 Å². The number of ether oxygens (including phenoxy) is 5. The van der Waals surface area contributed by atoms with Crippen LogP contribution in [-0.4, -0.2) is 94.9 Å². The quantitative estimate of drug-likeness (QED) is 0.139. The van der Waals surface area contributed by atoms with Crippen molar-refractivity contribution in [3.05, 3.63) is 23.8 Å². The van der Waals surface area contributed by atoms with Gasteiger partial charge in [0.2, 0.25) is 0 Å². The minimum atomic E-state index is -1.46. The van der Waals surface area contributed by atoms with Gasteiger partial charge in [-0.05, 0) is 76.7 Å². The molecule has 2 rings (SSSR count). The predicted octanol–water partition coefficient (Wildman–Crippen LogP) is 3.06. The second-order valence-corrected chi connectivity index (χ2v) is 13.7. The molecule has 49 heavy (non-hydrogen) atoms. The highest BCUT2D eigenvalue weighted by Crippen LogP contribution is 2.45. The molecule has 0 radical (unpaired) electrons. The van der Waals surface area contributed by atoms with Gasteiger partial charge in [0.15, 0.2) is 19.3 Å². The van der Waals surface area contributed by atoms with Crippen molar-refractivity contribution in [2.24, 2.45) is 29.1 Å². The fourth-order valence-electron chi connectivity index (χ4n) is 5.82. The van der Waals surface area contributed by atoms with Gasteiger partial charge in [-0.15, -0.1) is 0 Å². The van der Waals surface area contributed by atoms with Crippen molar-refractivity contribution in [1.29, 1.82) is 0 Å². The Hall–Kier alpha value is -3.78. The first-order valence-corrected chi connectivity index (χ1v) is 16.8. The third kappa shape index (κ3) is 13.2. The number of carboxylic acids is 1. The summed E-state index contributed by atoms with van der Waals surface area (Å²) in [6.07, 6.45) is 2.08. The average molecular weight is 697 g/mol. The smallest absolute Gasteiger partial charge is 0.347 e. The molecule has 14 heteroatoms. The van der Waals surface area contributed by atoms with Gasteiger partial charge in [-0.3, -0.25) is 9.59 Å². The second kappa shape index (κ2) is 18.8. The van der Waals surface area contributed by atoms with E-state index in [1.54, 1.807) is 0 Å². The van der Waals surface area contributed by atoms with Crippen LogP contribution in [0.15, 0.2) is 23.8 Å². The number of hydrogen-bond donors (Lipinski definition) is 3. The Morgan fingerprint density at radius 2 is 1.61 bits per heavy atom. The molecule has 0 aromatic heterocycles. The molecular formula is C35H52O14. The summed E-state index contributed by atoms with van der Waals surface area (Å²) >= 11 is 0. The molecule has 0 aromatic rings. The van der Waals surface area contributed by atoms with Crippen molar-refractivity contribution in [2.45, 2.75) is 118 Å². The number of rotatable bonds is 18. The van der Waals surface area contributed by atoms with Gasteiger partial charge in [0.05, 0.1) is 17.9 Å². The van der Waals surface area contributed by atoms with E-state index >= 15 is 0 Å². The summed E-state index contributed by atoms with van der Waals surface area (Å²) in [5.41, 5.74) is 0.421. The third-order valence-electron chi connectivity index (χ3n) is 9.00. The van der Waals surface area contributed by atoms with Gasteiger partial charge in [0.1, 0.15) is 18.3 Å². The largest absolute Gasteiger partial charge is 0.481 e. The standard InChI is InChI=1S/C35H52O14/c1-8-35(6,7)34(44)49-27-14-19(2)13-23-10-9-20(3)26(31(23)27)12-11-25(15-24(37)16-28(38)39)48-30(41)18-45-29(40)17-46-33(43)22(5)47-32(42)21(4)36/h9-10,13,19-22,24-27,31,36-37H,8,11-12,14-18H2,1-7H3,(H,38,39). The zero-order valence-corrected chi connectivity index (χ0v) is 29.4. The fraction of sp³-hybridized carbons (Fsp3) is 0.714. The molecular weight excluding hydrogens is 644 g/mol. The highest BCUT2D eigenvalue weighted by molar-refractivity contribution is 5.83. The van der Waals surface area contributed by atoms with Gasteiger partial charge in [0.25, 0.3) is 0 Å². The molecule has 0 aromatic carbocycles. The van der Waals surface area contributed by atoms with Gasteiger partial charge < -0.3 is 39.0 Å². The van der Waals surface area contributed by atoms with Crippen LogP contribution in [0, 0.1) is 29.1 Å². The maximum absolute atomic E-state index is 13.1. The van der Waals surface area contributed by atoms with Crippen molar-refractivity contribution in [3.63, 3.8) is 0 Å². The van der Waals surface area contributed by atoms with Gasteiger partial charge in [0, 0.05) is 12.3 Å². The monoisotopic (exact) mass is 696 g/mol. The number of hydrogen-bond acceptors (Lipinski definition) is 13. The second-order valence-electron chi connectivity index (χ2n) is 13.7. The normalized spacial score (nSPS) is 24.2. The van der Waals surface area contributed by atoms with E-state index in [1.807, 2.05) is 20.8 Å². The van der Waals surface area contributed by atoms with Crippen LogP contribution in [0.2, 0.25) is 0 Å². The molecule has 14 nitrogen and oxygen atoms in total. The molecule has 0 spiro atoms. The Kier molecular flexibility index (Phi) is 15.9. The molecule has 3 N–H and O–H groups in total. The minimum Gasteiger partial charge on any atom is -0.481 e. The van der Waals surface area contributed by atoms with E-state index in [1.165, 1.54) is 6.92 Å². The van der Waals surface area contributed by atoms with Crippen LogP contribution >= 0.6 is 0 Å². The molecule has 0 aliphatic heterocycles. The Morgan fingerprint density at radius 3 is 2.22 bits per heavy atom. The summed E-state index contributed by atoms with van der Waals surface area (Å²) in [5, 5.41) is 28.7. The van der Waals surface area contributed by atoms with Crippen molar-refractivity contribution in [3.8, 4) is 0 Å². The van der Waals surface area contributed by atoms with Crippen molar-refractivity contribution >= 4 is 35.8 Å². The Morgan fingerprint density at radius 1 is 0.959 bits per heavy atom. The SMILES string of the molecule is CCC(C)(C)C(=O)OC1CC(C)C=C2C=CC(C)C(CCC(CC(O)CC(=O)O)OC(=O)COC(=O)COC(=O)C(C)OC(=O)C(C)O)C21. The van der Waals surface area contributed by atoms with Crippen LogP contribution in [0.5, 0.6) is 0 Å². The number of aliphatic hydroxyl groups is 2. The van der Waals surface area contributed by atoms with E-state index < -0.39 is 79.3 Å². The number of fused-ring (bicyclic) bond motifs is 1. The Bertz CT molecular complexity index is 1250. The number of esters is 5. The maximum Gasteiger partial charge on any atom is 0.347 e. The molecule has 2 aliphatic rings.